The number of anilines is 1. The highest BCUT2D eigenvalue weighted by Crippen LogP contribution is 2.40. The number of carbonyl (C=O) groups is 2. The molecule has 0 heterocycles. The van der Waals surface area contributed by atoms with Crippen LogP contribution >= 0.6 is 23.4 Å². The van der Waals surface area contributed by atoms with Crippen LogP contribution in [0.4, 0.5) is 11.4 Å². The van der Waals surface area contributed by atoms with Crippen molar-refractivity contribution in [2.75, 3.05) is 32.9 Å². The first-order chi connectivity index (χ1) is 14.8. The van der Waals surface area contributed by atoms with Crippen LogP contribution in [0.15, 0.2) is 40.6 Å². The maximum Gasteiger partial charge on any atom is 0.276 e. The molecule has 0 N–H and O–H groups in total. The van der Waals surface area contributed by atoms with Crippen LogP contribution in [0.25, 0.3) is 0 Å². The standard InChI is InChI=1S/C20H21Cl2N3O6/c1-11(26)18(23-24-19-16(30-4)8-12(21)9-17(19)31-5)20(27)25(22)14-10-13(28-2)6-7-15(14)29-3/h6-10,18H,1-5H3. The maximum absolute atomic E-state index is 13.0. The lowest BCUT2D eigenvalue weighted by molar-refractivity contribution is -0.126. The van der Waals surface area contributed by atoms with E-state index in [1.165, 1.54) is 53.6 Å². The highest BCUT2D eigenvalue weighted by Gasteiger charge is 2.31. The molecular weight excluding hydrogens is 449 g/mol. The summed E-state index contributed by atoms with van der Waals surface area (Å²) in [5.41, 5.74) is 0.338. The molecule has 2 rings (SSSR count). The Morgan fingerprint density at radius 2 is 1.52 bits per heavy atom. The van der Waals surface area contributed by atoms with Crippen LogP contribution in [0.3, 0.4) is 0 Å². The molecular formula is C20H21Cl2N3O6. The topological polar surface area (TPSA) is 99.0 Å². The van der Waals surface area contributed by atoms with Crippen molar-refractivity contribution in [1.29, 1.82) is 0 Å². The normalized spacial score (nSPS) is 11.7. The summed E-state index contributed by atoms with van der Waals surface area (Å²) < 4.78 is 21.6. The average molecular weight is 470 g/mol. The number of Topliss-reactive ketones (excluding diaryl/α,β-unsaturated/α-hetero) is 1. The van der Waals surface area contributed by atoms with Crippen LogP contribution in [-0.2, 0) is 9.59 Å². The van der Waals surface area contributed by atoms with E-state index in [0.717, 1.165) is 4.42 Å². The van der Waals surface area contributed by atoms with Crippen molar-refractivity contribution < 1.29 is 28.5 Å². The summed E-state index contributed by atoms with van der Waals surface area (Å²) in [6.07, 6.45) is 0. The number of azo groups is 1. The third-order valence-corrected chi connectivity index (χ3v) is 4.69. The first-order valence-corrected chi connectivity index (χ1v) is 9.53. The molecule has 1 atom stereocenters. The van der Waals surface area contributed by atoms with Crippen molar-refractivity contribution in [3.8, 4) is 23.0 Å². The molecule has 0 aromatic heterocycles. The molecule has 1 unspecified atom stereocenters. The van der Waals surface area contributed by atoms with E-state index >= 15 is 0 Å². The smallest absolute Gasteiger partial charge is 0.276 e. The molecule has 0 saturated carbocycles. The quantitative estimate of drug-likeness (QED) is 0.302. The summed E-state index contributed by atoms with van der Waals surface area (Å²) in [5, 5.41) is 8.28. The summed E-state index contributed by atoms with van der Waals surface area (Å²) in [7, 11) is 5.70. The maximum atomic E-state index is 13.0. The fraction of sp³-hybridized carbons (Fsp3) is 0.300. The van der Waals surface area contributed by atoms with Gasteiger partial charge in [0.25, 0.3) is 5.91 Å². The number of carbonyl (C=O) groups excluding carboxylic acids is 2. The zero-order chi connectivity index (χ0) is 23.1. The van der Waals surface area contributed by atoms with E-state index in [4.69, 9.17) is 42.3 Å². The van der Waals surface area contributed by atoms with Crippen LogP contribution < -0.4 is 23.4 Å². The van der Waals surface area contributed by atoms with Gasteiger partial charge >= 0.3 is 0 Å². The molecule has 11 heteroatoms. The lowest BCUT2D eigenvalue weighted by Gasteiger charge is -2.19. The van der Waals surface area contributed by atoms with Gasteiger partial charge in [-0.25, -0.2) is 4.42 Å². The van der Waals surface area contributed by atoms with Crippen LogP contribution in [0.1, 0.15) is 6.92 Å². The van der Waals surface area contributed by atoms with Gasteiger partial charge in [-0.1, -0.05) is 11.6 Å². The predicted molar refractivity (Wildman–Crippen MR) is 116 cm³/mol. The highest BCUT2D eigenvalue weighted by molar-refractivity contribution is 6.39. The summed E-state index contributed by atoms with van der Waals surface area (Å²) >= 11 is 12.3. The monoisotopic (exact) mass is 469 g/mol. The molecule has 0 bridgehead atoms. The number of amides is 1. The van der Waals surface area contributed by atoms with Crippen LogP contribution in [0.2, 0.25) is 5.02 Å². The van der Waals surface area contributed by atoms with E-state index in [0.29, 0.717) is 16.5 Å². The molecule has 9 nitrogen and oxygen atoms in total. The third kappa shape index (κ3) is 5.56. The van der Waals surface area contributed by atoms with Gasteiger partial charge in [0, 0.05) is 35.0 Å². The van der Waals surface area contributed by atoms with Gasteiger partial charge in [0.05, 0.1) is 28.4 Å². The minimum absolute atomic E-state index is 0.161. The van der Waals surface area contributed by atoms with Crippen LogP contribution in [0.5, 0.6) is 23.0 Å². The Labute approximate surface area is 189 Å². The van der Waals surface area contributed by atoms with Crippen LogP contribution in [-0.4, -0.2) is 46.2 Å². The minimum Gasteiger partial charge on any atom is -0.497 e. The number of ether oxygens (including phenoxy) is 4. The number of methoxy groups -OCH3 is 4. The van der Waals surface area contributed by atoms with Gasteiger partial charge in [-0.15, -0.1) is 5.11 Å². The number of hydrogen-bond acceptors (Lipinski definition) is 8. The highest BCUT2D eigenvalue weighted by atomic mass is 35.5. The fourth-order valence-corrected chi connectivity index (χ4v) is 2.98. The Hall–Kier alpha value is -3.04. The molecule has 0 fully saturated rings. The lowest BCUT2D eigenvalue weighted by Crippen LogP contribution is -2.36. The van der Waals surface area contributed by atoms with Gasteiger partial charge in [0.15, 0.2) is 23.0 Å². The molecule has 31 heavy (non-hydrogen) atoms. The van der Waals surface area contributed by atoms with E-state index in [-0.39, 0.29) is 22.9 Å². The summed E-state index contributed by atoms with van der Waals surface area (Å²) in [6, 6.07) is 6.17. The first-order valence-electron chi connectivity index (χ1n) is 8.81. The van der Waals surface area contributed by atoms with E-state index in [2.05, 4.69) is 10.2 Å². The molecule has 0 radical (unpaired) electrons. The number of rotatable bonds is 9. The molecule has 1 amide bonds. The van der Waals surface area contributed by atoms with Crippen molar-refractivity contribution in [3.05, 3.63) is 35.4 Å². The Balaban J connectivity index is 2.44. The molecule has 0 saturated heterocycles. The Morgan fingerprint density at radius 1 is 0.935 bits per heavy atom. The number of nitrogens with zero attached hydrogens (tertiary/aromatic N) is 3. The Kier molecular flexibility index (Phi) is 8.47. The fourth-order valence-electron chi connectivity index (χ4n) is 2.56. The molecule has 2 aromatic carbocycles. The van der Waals surface area contributed by atoms with E-state index in [1.807, 2.05) is 0 Å². The first kappa shape index (κ1) is 24.2. The van der Waals surface area contributed by atoms with Gasteiger partial charge in [0.1, 0.15) is 17.2 Å². The Bertz CT molecular complexity index is 974. The molecule has 0 aliphatic heterocycles. The van der Waals surface area contributed by atoms with Crippen molar-refractivity contribution in [1.82, 2.24) is 0 Å². The molecule has 0 aliphatic rings. The van der Waals surface area contributed by atoms with E-state index in [9.17, 15) is 9.59 Å². The molecule has 2 aromatic rings. The summed E-state index contributed by atoms with van der Waals surface area (Å²) in [4.78, 5) is 25.2. The predicted octanol–water partition coefficient (Wildman–Crippen LogP) is 4.60. The summed E-state index contributed by atoms with van der Waals surface area (Å²) in [6.45, 7) is 1.20. The number of ketones is 1. The molecule has 0 aliphatic carbocycles. The van der Waals surface area contributed by atoms with Gasteiger partial charge in [0.2, 0.25) is 6.04 Å². The van der Waals surface area contributed by atoms with Gasteiger partial charge in [-0.2, -0.15) is 5.11 Å². The SMILES string of the molecule is COc1ccc(OC)c(N(Cl)C(=O)C(N=Nc2c(OC)cc(Cl)cc2OC)C(C)=O)c1. The van der Waals surface area contributed by atoms with Crippen molar-refractivity contribution in [2.45, 2.75) is 13.0 Å². The average Bonchev–Trinajstić information content (AvgIpc) is 2.77. The van der Waals surface area contributed by atoms with Crippen molar-refractivity contribution >= 4 is 46.4 Å². The number of benzene rings is 2. The molecule has 0 spiro atoms. The second-order valence-corrected chi connectivity index (χ2v) is 6.82. The molecule has 166 valence electrons. The number of hydrogen-bond donors (Lipinski definition) is 0. The zero-order valence-electron chi connectivity index (χ0n) is 17.5. The zero-order valence-corrected chi connectivity index (χ0v) is 19.0. The van der Waals surface area contributed by atoms with E-state index < -0.39 is 17.7 Å². The number of halogens is 2. The second kappa shape index (κ2) is 10.8. The van der Waals surface area contributed by atoms with Gasteiger partial charge in [-0.3, -0.25) is 9.59 Å². The lowest BCUT2D eigenvalue weighted by atomic mass is 10.2. The van der Waals surface area contributed by atoms with Gasteiger partial charge < -0.3 is 18.9 Å². The van der Waals surface area contributed by atoms with E-state index in [1.54, 1.807) is 12.1 Å². The van der Waals surface area contributed by atoms with Crippen molar-refractivity contribution in [2.24, 2.45) is 10.2 Å². The Morgan fingerprint density at radius 3 is 2.00 bits per heavy atom. The summed E-state index contributed by atoms with van der Waals surface area (Å²) in [5.74, 6) is -0.181. The minimum atomic E-state index is -1.53. The van der Waals surface area contributed by atoms with Crippen molar-refractivity contribution in [3.63, 3.8) is 0 Å². The third-order valence-electron chi connectivity index (χ3n) is 4.13. The van der Waals surface area contributed by atoms with Gasteiger partial charge in [-0.05, 0) is 19.1 Å². The second-order valence-electron chi connectivity index (χ2n) is 6.04. The largest absolute Gasteiger partial charge is 0.497 e. The van der Waals surface area contributed by atoms with Crippen LogP contribution in [0, 0.1) is 0 Å².